The molecular formula is C11H7Br2FN2O2S. The van der Waals surface area contributed by atoms with Gasteiger partial charge in [-0.25, -0.2) is 17.8 Å². The van der Waals surface area contributed by atoms with E-state index in [4.69, 9.17) is 0 Å². The highest BCUT2D eigenvalue weighted by Crippen LogP contribution is 2.27. The van der Waals surface area contributed by atoms with E-state index in [2.05, 4.69) is 41.6 Å². The van der Waals surface area contributed by atoms with Gasteiger partial charge in [0, 0.05) is 10.7 Å². The fraction of sp³-hybridized carbons (Fsp3) is 0. The maximum Gasteiger partial charge on any atom is 0.263 e. The van der Waals surface area contributed by atoms with Gasteiger partial charge >= 0.3 is 0 Å². The summed E-state index contributed by atoms with van der Waals surface area (Å²) in [6.07, 6.45) is 1.52. The van der Waals surface area contributed by atoms with Crippen LogP contribution in [0, 0.1) is 5.82 Å². The van der Waals surface area contributed by atoms with Crippen molar-refractivity contribution >= 4 is 47.6 Å². The highest BCUT2D eigenvalue weighted by molar-refractivity contribution is 9.10. The topological polar surface area (TPSA) is 59.1 Å². The molecule has 100 valence electrons. The van der Waals surface area contributed by atoms with E-state index < -0.39 is 15.8 Å². The second-order valence-corrected chi connectivity index (χ2v) is 6.78. The van der Waals surface area contributed by atoms with Gasteiger partial charge in [0.15, 0.2) is 0 Å². The van der Waals surface area contributed by atoms with Crippen LogP contribution in [0.5, 0.6) is 0 Å². The Morgan fingerprint density at radius 3 is 2.58 bits per heavy atom. The van der Waals surface area contributed by atoms with E-state index in [1.165, 1.54) is 12.3 Å². The molecule has 0 atom stereocenters. The van der Waals surface area contributed by atoms with E-state index >= 15 is 0 Å². The Hall–Kier alpha value is -0.990. The van der Waals surface area contributed by atoms with Crippen molar-refractivity contribution in [3.05, 3.63) is 51.4 Å². The molecule has 1 heterocycles. The predicted molar refractivity (Wildman–Crippen MR) is 76.8 cm³/mol. The summed E-state index contributed by atoms with van der Waals surface area (Å²) >= 11 is 6.17. The predicted octanol–water partition coefficient (Wildman–Crippen LogP) is 3.55. The number of benzene rings is 1. The summed E-state index contributed by atoms with van der Waals surface area (Å²) in [6, 6.07) is 6.52. The Balaban J connectivity index is 2.41. The van der Waals surface area contributed by atoms with E-state index in [0.717, 1.165) is 12.1 Å². The number of nitrogens with one attached hydrogen (secondary N) is 1. The molecule has 0 fully saturated rings. The van der Waals surface area contributed by atoms with Crippen molar-refractivity contribution in [3.63, 3.8) is 0 Å². The second-order valence-electron chi connectivity index (χ2n) is 3.52. The molecule has 0 bridgehead atoms. The molecule has 0 radical (unpaired) electrons. The first-order chi connectivity index (χ1) is 8.90. The first kappa shape index (κ1) is 14.4. The maximum absolute atomic E-state index is 13.0. The van der Waals surface area contributed by atoms with Crippen molar-refractivity contribution in [1.82, 2.24) is 4.98 Å². The molecule has 0 aliphatic rings. The number of sulfonamides is 1. The molecule has 0 unspecified atom stereocenters. The molecule has 0 saturated heterocycles. The number of rotatable bonds is 3. The SMILES string of the molecule is O=S(=O)(Nc1cccnc1Br)c1ccc(F)cc1Br. The Labute approximate surface area is 126 Å². The van der Waals surface area contributed by atoms with Crippen LogP contribution in [-0.2, 0) is 10.0 Å². The van der Waals surface area contributed by atoms with Gasteiger partial charge in [-0.05, 0) is 62.2 Å². The minimum Gasteiger partial charge on any atom is -0.277 e. The van der Waals surface area contributed by atoms with E-state index in [-0.39, 0.29) is 9.37 Å². The molecule has 0 saturated carbocycles. The molecule has 0 amide bonds. The molecular weight excluding hydrogens is 403 g/mol. The third-order valence-electron chi connectivity index (χ3n) is 2.19. The van der Waals surface area contributed by atoms with Gasteiger partial charge in [-0.3, -0.25) is 4.72 Å². The number of nitrogens with zero attached hydrogens (tertiary/aromatic N) is 1. The molecule has 8 heteroatoms. The molecule has 0 spiro atoms. The number of anilines is 1. The lowest BCUT2D eigenvalue weighted by Gasteiger charge is -2.10. The van der Waals surface area contributed by atoms with Crippen molar-refractivity contribution in [2.24, 2.45) is 0 Å². The summed E-state index contributed by atoms with van der Waals surface area (Å²) < 4.78 is 40.2. The lowest BCUT2D eigenvalue weighted by atomic mass is 10.3. The number of pyridine rings is 1. The zero-order valence-corrected chi connectivity index (χ0v) is 13.3. The minimum atomic E-state index is -3.82. The summed E-state index contributed by atoms with van der Waals surface area (Å²) in [6.45, 7) is 0. The average Bonchev–Trinajstić information content (AvgIpc) is 2.31. The maximum atomic E-state index is 13.0. The van der Waals surface area contributed by atoms with Gasteiger partial charge in [0.2, 0.25) is 0 Å². The molecule has 2 aromatic rings. The number of halogens is 3. The average molecular weight is 410 g/mol. The van der Waals surface area contributed by atoms with Gasteiger partial charge in [-0.1, -0.05) is 0 Å². The standard InChI is InChI=1S/C11H7Br2FN2O2S/c12-8-6-7(14)3-4-10(8)19(17,18)16-9-2-1-5-15-11(9)13/h1-6,16H. The number of hydrogen-bond donors (Lipinski definition) is 1. The summed E-state index contributed by atoms with van der Waals surface area (Å²) in [7, 11) is -3.82. The first-order valence-corrected chi connectivity index (χ1v) is 8.05. The molecule has 2 rings (SSSR count). The first-order valence-electron chi connectivity index (χ1n) is 4.98. The quantitative estimate of drug-likeness (QED) is 0.788. The van der Waals surface area contributed by atoms with Crippen molar-refractivity contribution in [2.45, 2.75) is 4.90 Å². The molecule has 19 heavy (non-hydrogen) atoms. The van der Waals surface area contributed by atoms with Crippen LogP contribution in [0.1, 0.15) is 0 Å². The molecule has 1 aromatic heterocycles. The lowest BCUT2D eigenvalue weighted by Crippen LogP contribution is -2.14. The van der Waals surface area contributed by atoms with Gasteiger partial charge in [-0.15, -0.1) is 0 Å². The molecule has 4 nitrogen and oxygen atoms in total. The van der Waals surface area contributed by atoms with Crippen LogP contribution in [0.25, 0.3) is 0 Å². The van der Waals surface area contributed by atoms with Gasteiger partial charge < -0.3 is 0 Å². The summed E-state index contributed by atoms with van der Waals surface area (Å²) in [5, 5.41) is 0. The van der Waals surface area contributed by atoms with Crippen molar-refractivity contribution < 1.29 is 12.8 Å². The highest BCUT2D eigenvalue weighted by atomic mass is 79.9. The van der Waals surface area contributed by atoms with Crippen LogP contribution < -0.4 is 4.72 Å². The summed E-state index contributed by atoms with van der Waals surface area (Å²) in [4.78, 5) is 3.86. The molecule has 0 aliphatic heterocycles. The van der Waals surface area contributed by atoms with Crippen LogP contribution >= 0.6 is 31.9 Å². The van der Waals surface area contributed by atoms with Crippen LogP contribution in [-0.4, -0.2) is 13.4 Å². The zero-order chi connectivity index (χ0) is 14.0. The fourth-order valence-corrected chi connectivity index (χ4v) is 3.95. The van der Waals surface area contributed by atoms with Gasteiger partial charge in [0.1, 0.15) is 15.3 Å². The zero-order valence-electron chi connectivity index (χ0n) is 9.27. The Kier molecular flexibility index (Phi) is 4.22. The summed E-state index contributed by atoms with van der Waals surface area (Å²) in [5.74, 6) is -0.520. The molecule has 0 aliphatic carbocycles. The summed E-state index contributed by atoms with van der Waals surface area (Å²) in [5.41, 5.74) is 0.304. The van der Waals surface area contributed by atoms with Crippen LogP contribution in [0.4, 0.5) is 10.1 Å². The Morgan fingerprint density at radius 1 is 1.21 bits per heavy atom. The number of hydrogen-bond acceptors (Lipinski definition) is 3. The smallest absolute Gasteiger partial charge is 0.263 e. The van der Waals surface area contributed by atoms with Crippen molar-refractivity contribution in [2.75, 3.05) is 4.72 Å². The van der Waals surface area contributed by atoms with Gasteiger partial charge in [-0.2, -0.15) is 0 Å². The van der Waals surface area contributed by atoms with Gasteiger partial charge in [0.05, 0.1) is 5.69 Å². The second kappa shape index (κ2) is 5.56. The van der Waals surface area contributed by atoms with Crippen LogP contribution in [0.2, 0.25) is 0 Å². The fourth-order valence-electron chi connectivity index (χ4n) is 1.36. The largest absolute Gasteiger partial charge is 0.277 e. The Morgan fingerprint density at radius 2 is 1.95 bits per heavy atom. The van der Waals surface area contributed by atoms with E-state index in [0.29, 0.717) is 10.3 Å². The van der Waals surface area contributed by atoms with E-state index in [1.54, 1.807) is 12.1 Å². The lowest BCUT2D eigenvalue weighted by molar-refractivity contribution is 0.599. The van der Waals surface area contributed by atoms with Crippen LogP contribution in [0.15, 0.2) is 50.5 Å². The van der Waals surface area contributed by atoms with E-state index in [9.17, 15) is 12.8 Å². The normalized spacial score (nSPS) is 11.3. The number of aromatic nitrogens is 1. The van der Waals surface area contributed by atoms with Crippen molar-refractivity contribution in [3.8, 4) is 0 Å². The molecule has 1 aromatic carbocycles. The van der Waals surface area contributed by atoms with Crippen molar-refractivity contribution in [1.29, 1.82) is 0 Å². The molecule has 1 N–H and O–H groups in total. The van der Waals surface area contributed by atoms with Crippen LogP contribution in [0.3, 0.4) is 0 Å². The van der Waals surface area contributed by atoms with E-state index in [1.807, 2.05) is 0 Å². The monoisotopic (exact) mass is 408 g/mol. The highest BCUT2D eigenvalue weighted by Gasteiger charge is 2.19. The third-order valence-corrected chi connectivity index (χ3v) is 5.16. The Bertz CT molecular complexity index is 722. The van der Waals surface area contributed by atoms with Gasteiger partial charge in [0.25, 0.3) is 10.0 Å². The minimum absolute atomic E-state index is 0.0512. The third kappa shape index (κ3) is 3.31.